The smallest absolute Gasteiger partial charge is 0.252 e. The number of hydrogen-bond donors (Lipinski definition) is 2. The molecule has 2 aliphatic rings. The van der Waals surface area contributed by atoms with Gasteiger partial charge in [-0.05, 0) is 44.0 Å². The summed E-state index contributed by atoms with van der Waals surface area (Å²) in [6, 6.07) is 7.04. The van der Waals surface area contributed by atoms with Crippen LogP contribution in [0.5, 0.6) is 5.75 Å². The zero-order valence-corrected chi connectivity index (χ0v) is 17.6. The van der Waals surface area contributed by atoms with E-state index < -0.39 is 0 Å². The lowest BCUT2D eigenvalue weighted by Gasteiger charge is -2.32. The van der Waals surface area contributed by atoms with Crippen molar-refractivity contribution >= 4 is 11.9 Å². The van der Waals surface area contributed by atoms with Gasteiger partial charge in [0.1, 0.15) is 5.75 Å². The standard InChI is InChI=1S/C22H29N5O3/c1-15(18-14-21(29)25-22(24-18)27-9-7-26(2)8-10-27)23-20(28)13-16-5-6-19-17(12-16)4-3-11-30-19/h5-6,12,14-15H,3-4,7-11,13H2,1-2H3,(H,23,28)(H,24,25,29)/t15-/m0/s1. The molecule has 1 amide bonds. The minimum atomic E-state index is -0.355. The Morgan fingerprint density at radius 2 is 2.07 bits per heavy atom. The van der Waals surface area contributed by atoms with E-state index in [1.54, 1.807) is 0 Å². The highest BCUT2D eigenvalue weighted by Gasteiger charge is 2.19. The van der Waals surface area contributed by atoms with Gasteiger partial charge in [0.2, 0.25) is 11.9 Å². The normalized spacial score (nSPS) is 17.7. The number of nitrogens with one attached hydrogen (secondary N) is 2. The Balaban J connectivity index is 1.41. The molecule has 1 aromatic heterocycles. The van der Waals surface area contributed by atoms with Crippen LogP contribution < -0.4 is 20.5 Å². The van der Waals surface area contributed by atoms with Crippen LogP contribution in [0.3, 0.4) is 0 Å². The number of hydrogen-bond acceptors (Lipinski definition) is 6. The summed E-state index contributed by atoms with van der Waals surface area (Å²) in [6.07, 6.45) is 2.27. The van der Waals surface area contributed by atoms with Crippen LogP contribution in [0.2, 0.25) is 0 Å². The summed E-state index contributed by atoms with van der Waals surface area (Å²) >= 11 is 0. The molecular formula is C22H29N5O3. The van der Waals surface area contributed by atoms with Gasteiger partial charge in [-0.2, -0.15) is 0 Å². The Kier molecular flexibility index (Phi) is 6.03. The largest absolute Gasteiger partial charge is 0.493 e. The monoisotopic (exact) mass is 411 g/mol. The van der Waals surface area contributed by atoms with Gasteiger partial charge in [-0.1, -0.05) is 12.1 Å². The molecule has 1 atom stereocenters. The maximum atomic E-state index is 12.6. The fourth-order valence-corrected chi connectivity index (χ4v) is 3.93. The lowest BCUT2D eigenvalue weighted by Crippen LogP contribution is -2.45. The first kappa shape index (κ1) is 20.4. The van der Waals surface area contributed by atoms with E-state index >= 15 is 0 Å². The van der Waals surface area contributed by atoms with Crippen LogP contribution in [-0.2, 0) is 17.6 Å². The van der Waals surface area contributed by atoms with Crippen LogP contribution in [0, 0.1) is 0 Å². The van der Waals surface area contributed by atoms with E-state index in [-0.39, 0.29) is 23.9 Å². The molecule has 3 heterocycles. The number of amides is 1. The molecule has 160 valence electrons. The zero-order chi connectivity index (χ0) is 21.1. The summed E-state index contributed by atoms with van der Waals surface area (Å²) in [5.41, 5.74) is 2.48. The van der Waals surface area contributed by atoms with Gasteiger partial charge in [0.15, 0.2) is 0 Å². The first-order valence-corrected chi connectivity index (χ1v) is 10.6. The van der Waals surface area contributed by atoms with E-state index in [2.05, 4.69) is 38.2 Å². The second-order valence-corrected chi connectivity index (χ2v) is 8.14. The molecule has 2 aromatic rings. The van der Waals surface area contributed by atoms with Crippen LogP contribution >= 0.6 is 0 Å². The van der Waals surface area contributed by atoms with Gasteiger partial charge in [0.05, 0.1) is 24.8 Å². The zero-order valence-electron chi connectivity index (χ0n) is 17.6. The Hall–Kier alpha value is -2.87. The Morgan fingerprint density at radius 1 is 1.27 bits per heavy atom. The number of H-pyrrole nitrogens is 1. The highest BCUT2D eigenvalue weighted by atomic mass is 16.5. The fourth-order valence-electron chi connectivity index (χ4n) is 3.93. The molecule has 0 bridgehead atoms. The molecule has 4 rings (SSSR count). The summed E-state index contributed by atoms with van der Waals surface area (Å²) in [7, 11) is 2.08. The predicted octanol–water partition coefficient (Wildman–Crippen LogP) is 1.27. The number of ether oxygens (including phenoxy) is 1. The molecule has 1 saturated heterocycles. The Labute approximate surface area is 176 Å². The van der Waals surface area contributed by atoms with E-state index in [1.807, 2.05) is 19.1 Å². The summed E-state index contributed by atoms with van der Waals surface area (Å²) < 4.78 is 5.64. The number of anilines is 1. The van der Waals surface area contributed by atoms with Crippen molar-refractivity contribution in [1.29, 1.82) is 0 Å². The number of aryl methyl sites for hydroxylation is 1. The number of fused-ring (bicyclic) bond motifs is 1. The number of carbonyl (C=O) groups is 1. The van der Waals surface area contributed by atoms with Crippen LogP contribution in [0.25, 0.3) is 0 Å². The third kappa shape index (κ3) is 4.81. The van der Waals surface area contributed by atoms with Crippen molar-refractivity contribution in [3.8, 4) is 5.75 Å². The number of rotatable bonds is 5. The lowest BCUT2D eigenvalue weighted by atomic mass is 10.0. The molecule has 1 aromatic carbocycles. The number of aromatic nitrogens is 2. The van der Waals surface area contributed by atoms with Gasteiger partial charge in [-0.3, -0.25) is 14.6 Å². The summed E-state index contributed by atoms with van der Waals surface area (Å²) in [5, 5.41) is 2.98. The Morgan fingerprint density at radius 3 is 2.87 bits per heavy atom. The molecule has 0 unspecified atom stereocenters. The highest BCUT2D eigenvalue weighted by molar-refractivity contribution is 5.79. The van der Waals surface area contributed by atoms with Crippen molar-refractivity contribution < 1.29 is 9.53 Å². The molecule has 30 heavy (non-hydrogen) atoms. The topological polar surface area (TPSA) is 90.6 Å². The Bertz CT molecular complexity index is 965. The van der Waals surface area contributed by atoms with E-state index in [0.29, 0.717) is 11.6 Å². The average Bonchev–Trinajstić information content (AvgIpc) is 2.73. The van der Waals surface area contributed by atoms with Crippen LogP contribution in [0.4, 0.5) is 5.95 Å². The van der Waals surface area contributed by atoms with Crippen molar-refractivity contribution in [2.75, 3.05) is 44.7 Å². The third-order valence-electron chi connectivity index (χ3n) is 5.71. The lowest BCUT2D eigenvalue weighted by molar-refractivity contribution is -0.121. The second kappa shape index (κ2) is 8.87. The van der Waals surface area contributed by atoms with E-state index in [9.17, 15) is 9.59 Å². The first-order valence-electron chi connectivity index (χ1n) is 10.6. The number of carbonyl (C=O) groups excluding carboxylic acids is 1. The van der Waals surface area contributed by atoms with Gasteiger partial charge in [0.25, 0.3) is 5.56 Å². The number of likely N-dealkylation sites (N-methyl/N-ethyl adjacent to an activating group) is 1. The maximum absolute atomic E-state index is 12.6. The maximum Gasteiger partial charge on any atom is 0.252 e. The average molecular weight is 412 g/mol. The molecule has 1 fully saturated rings. The minimum Gasteiger partial charge on any atom is -0.493 e. The molecule has 0 spiro atoms. The van der Waals surface area contributed by atoms with E-state index in [0.717, 1.165) is 62.5 Å². The SMILES string of the molecule is C[C@H](NC(=O)Cc1ccc2c(c1)CCCO2)c1cc(=O)[nH]c(N2CCN(C)CC2)n1. The van der Waals surface area contributed by atoms with Crippen molar-refractivity contribution in [2.45, 2.75) is 32.2 Å². The third-order valence-corrected chi connectivity index (χ3v) is 5.71. The van der Waals surface area contributed by atoms with Gasteiger partial charge >= 0.3 is 0 Å². The molecular weight excluding hydrogens is 382 g/mol. The molecule has 0 radical (unpaired) electrons. The molecule has 0 saturated carbocycles. The van der Waals surface area contributed by atoms with E-state index in [4.69, 9.17) is 4.74 Å². The van der Waals surface area contributed by atoms with Gasteiger partial charge in [-0.25, -0.2) is 4.98 Å². The summed E-state index contributed by atoms with van der Waals surface area (Å²) in [4.78, 5) is 36.5. The molecule has 2 aliphatic heterocycles. The van der Waals surface area contributed by atoms with E-state index in [1.165, 1.54) is 6.07 Å². The van der Waals surface area contributed by atoms with Crippen molar-refractivity contribution in [3.05, 3.63) is 51.4 Å². The van der Waals surface area contributed by atoms with Gasteiger partial charge < -0.3 is 19.9 Å². The minimum absolute atomic E-state index is 0.0950. The highest BCUT2D eigenvalue weighted by Crippen LogP contribution is 2.25. The fraction of sp³-hybridized carbons (Fsp3) is 0.500. The first-order chi connectivity index (χ1) is 14.5. The molecule has 8 heteroatoms. The summed E-state index contributed by atoms with van der Waals surface area (Å²) in [6.45, 7) is 6.08. The van der Waals surface area contributed by atoms with Crippen LogP contribution in [0.15, 0.2) is 29.1 Å². The number of nitrogens with zero attached hydrogens (tertiary/aromatic N) is 3. The molecule has 0 aliphatic carbocycles. The number of benzene rings is 1. The molecule has 2 N–H and O–H groups in total. The van der Waals surface area contributed by atoms with Gasteiger partial charge in [-0.15, -0.1) is 0 Å². The quantitative estimate of drug-likeness (QED) is 0.770. The number of piperazine rings is 1. The van der Waals surface area contributed by atoms with Gasteiger partial charge in [0, 0.05) is 32.2 Å². The van der Waals surface area contributed by atoms with Crippen molar-refractivity contribution in [2.24, 2.45) is 0 Å². The number of aromatic amines is 1. The second-order valence-electron chi connectivity index (χ2n) is 8.14. The van der Waals surface area contributed by atoms with Crippen LogP contribution in [-0.4, -0.2) is 60.6 Å². The predicted molar refractivity (Wildman–Crippen MR) is 115 cm³/mol. The summed E-state index contributed by atoms with van der Waals surface area (Å²) in [5.74, 6) is 1.40. The molecule has 8 nitrogen and oxygen atoms in total. The van der Waals surface area contributed by atoms with Crippen LogP contribution in [0.1, 0.15) is 36.2 Å². The van der Waals surface area contributed by atoms with Crippen molar-refractivity contribution in [1.82, 2.24) is 20.2 Å². The van der Waals surface area contributed by atoms with Crippen molar-refractivity contribution in [3.63, 3.8) is 0 Å².